The van der Waals surface area contributed by atoms with Crippen LogP contribution in [0.4, 0.5) is 5.95 Å². The molecule has 0 amide bonds. The highest BCUT2D eigenvalue weighted by Crippen LogP contribution is 2.08. The Morgan fingerprint density at radius 1 is 1.28 bits per heavy atom. The summed E-state index contributed by atoms with van der Waals surface area (Å²) in [5, 5.41) is 7.66. The van der Waals surface area contributed by atoms with Crippen LogP contribution in [0.15, 0.2) is 24.4 Å². The van der Waals surface area contributed by atoms with Crippen molar-refractivity contribution in [2.45, 2.75) is 0 Å². The largest absolute Gasteiger partial charge is 0.352 e. The number of anilines is 1. The summed E-state index contributed by atoms with van der Waals surface area (Å²) in [7, 11) is 0. The molecule has 0 aromatic carbocycles. The van der Waals surface area contributed by atoms with Crippen molar-refractivity contribution in [3.63, 3.8) is 0 Å². The quantitative estimate of drug-likeness (QED) is 0.898. The van der Waals surface area contributed by atoms with E-state index in [1.165, 1.54) is 24.6 Å². The Bertz CT molecular complexity index is 473. The van der Waals surface area contributed by atoms with Gasteiger partial charge in [-0.15, -0.1) is 5.10 Å². The van der Waals surface area contributed by atoms with Crippen LogP contribution in [0, 0.1) is 0 Å². The molecular weight excluding hydrogens is 246 g/mol. The molecule has 18 heavy (non-hydrogen) atoms. The normalized spacial score (nSPS) is 17.1. The summed E-state index contributed by atoms with van der Waals surface area (Å²) in [5.41, 5.74) is 0.884. The summed E-state index contributed by atoms with van der Waals surface area (Å²) in [6.07, 6.45) is 1.91. The van der Waals surface area contributed by atoms with Crippen LogP contribution in [0.2, 0.25) is 0 Å². The number of pyridine rings is 1. The minimum Gasteiger partial charge on any atom is -0.352 e. The lowest BCUT2D eigenvalue weighted by Crippen LogP contribution is -2.36. The second-order valence-corrected chi connectivity index (χ2v) is 5.54. The zero-order chi connectivity index (χ0) is 12.2. The van der Waals surface area contributed by atoms with Gasteiger partial charge in [0.05, 0.1) is 0 Å². The van der Waals surface area contributed by atoms with Crippen molar-refractivity contribution in [3.8, 4) is 0 Å². The molecule has 0 radical (unpaired) electrons. The van der Waals surface area contributed by atoms with Gasteiger partial charge in [-0.3, -0.25) is 4.90 Å². The fraction of sp³-hybridized carbons (Fsp3) is 0.500. The Labute approximate surface area is 111 Å². The fourth-order valence-electron chi connectivity index (χ4n) is 2.06. The van der Waals surface area contributed by atoms with E-state index in [9.17, 15) is 0 Å². The minimum atomic E-state index is 0.715. The summed E-state index contributed by atoms with van der Waals surface area (Å²) in [6.45, 7) is 4.37. The molecule has 96 valence electrons. The predicted octanol–water partition coefficient (Wildman–Crippen LogP) is 1.19. The van der Waals surface area contributed by atoms with E-state index in [4.69, 9.17) is 0 Å². The van der Waals surface area contributed by atoms with Crippen molar-refractivity contribution in [3.05, 3.63) is 24.4 Å². The van der Waals surface area contributed by atoms with Gasteiger partial charge in [-0.05, 0) is 12.1 Å². The van der Waals surface area contributed by atoms with Crippen LogP contribution in [0.3, 0.4) is 0 Å². The lowest BCUT2D eigenvalue weighted by molar-refractivity contribution is 0.314. The summed E-state index contributed by atoms with van der Waals surface area (Å²) in [5.74, 6) is 3.23. The van der Waals surface area contributed by atoms with Gasteiger partial charge in [0.25, 0.3) is 0 Å². The summed E-state index contributed by atoms with van der Waals surface area (Å²) >= 11 is 2.04. The van der Waals surface area contributed by atoms with E-state index in [0.29, 0.717) is 5.95 Å². The van der Waals surface area contributed by atoms with Crippen LogP contribution in [0.25, 0.3) is 5.65 Å². The number of nitrogens with zero attached hydrogens (tertiary/aromatic N) is 4. The Hall–Kier alpha value is -1.27. The van der Waals surface area contributed by atoms with Crippen molar-refractivity contribution in [2.75, 3.05) is 43.0 Å². The first-order valence-electron chi connectivity index (χ1n) is 6.27. The molecule has 5 nitrogen and oxygen atoms in total. The van der Waals surface area contributed by atoms with E-state index in [2.05, 4.69) is 20.3 Å². The molecule has 1 fully saturated rings. The first-order valence-corrected chi connectivity index (χ1v) is 7.43. The Morgan fingerprint density at radius 2 is 2.17 bits per heavy atom. The van der Waals surface area contributed by atoms with E-state index in [1.54, 1.807) is 4.52 Å². The Balaban J connectivity index is 1.53. The smallest absolute Gasteiger partial charge is 0.243 e. The number of nitrogens with one attached hydrogen (secondary N) is 1. The topological polar surface area (TPSA) is 45.5 Å². The first kappa shape index (κ1) is 11.8. The molecule has 0 spiro atoms. The fourth-order valence-corrected chi connectivity index (χ4v) is 3.04. The molecule has 0 aliphatic carbocycles. The summed E-state index contributed by atoms with van der Waals surface area (Å²) in [4.78, 5) is 6.90. The highest BCUT2D eigenvalue weighted by Gasteiger charge is 2.09. The lowest BCUT2D eigenvalue weighted by atomic mass is 10.4. The van der Waals surface area contributed by atoms with Crippen LogP contribution in [-0.4, -0.2) is 57.2 Å². The lowest BCUT2D eigenvalue weighted by Gasteiger charge is -2.25. The van der Waals surface area contributed by atoms with Gasteiger partial charge in [-0.25, -0.2) is 4.52 Å². The SMILES string of the molecule is c1ccn2nc(NCCN3CCSCC3)nc2c1. The van der Waals surface area contributed by atoms with Crippen LogP contribution < -0.4 is 5.32 Å². The second-order valence-electron chi connectivity index (χ2n) is 4.32. The number of hydrogen-bond acceptors (Lipinski definition) is 5. The molecule has 0 atom stereocenters. The van der Waals surface area contributed by atoms with Gasteiger partial charge in [0, 0.05) is 43.9 Å². The molecule has 1 saturated heterocycles. The minimum absolute atomic E-state index is 0.715. The standard InChI is InChI=1S/C12H17N5S/c1-2-5-17-11(3-1)14-12(15-17)13-4-6-16-7-9-18-10-8-16/h1-3,5H,4,6-10H2,(H,13,15). The molecule has 0 unspecified atom stereocenters. The van der Waals surface area contributed by atoms with Crippen LogP contribution >= 0.6 is 11.8 Å². The maximum Gasteiger partial charge on any atom is 0.243 e. The highest BCUT2D eigenvalue weighted by molar-refractivity contribution is 7.99. The second kappa shape index (κ2) is 5.58. The molecule has 1 aliphatic rings. The van der Waals surface area contributed by atoms with E-state index in [0.717, 1.165) is 18.7 Å². The van der Waals surface area contributed by atoms with Gasteiger partial charge < -0.3 is 5.32 Å². The number of thioether (sulfide) groups is 1. The van der Waals surface area contributed by atoms with Gasteiger partial charge in [0.1, 0.15) is 0 Å². The highest BCUT2D eigenvalue weighted by atomic mass is 32.2. The van der Waals surface area contributed by atoms with Crippen LogP contribution in [0.1, 0.15) is 0 Å². The van der Waals surface area contributed by atoms with E-state index in [-0.39, 0.29) is 0 Å². The molecule has 0 bridgehead atoms. The third-order valence-electron chi connectivity index (χ3n) is 3.06. The van der Waals surface area contributed by atoms with E-state index >= 15 is 0 Å². The average Bonchev–Trinajstić information content (AvgIpc) is 2.82. The molecule has 3 rings (SSSR count). The maximum atomic E-state index is 4.41. The average molecular weight is 263 g/mol. The molecule has 2 aromatic heterocycles. The van der Waals surface area contributed by atoms with Gasteiger partial charge >= 0.3 is 0 Å². The van der Waals surface area contributed by atoms with Crippen LogP contribution in [0.5, 0.6) is 0 Å². The molecular formula is C12H17N5S. The van der Waals surface area contributed by atoms with Crippen molar-refractivity contribution >= 4 is 23.4 Å². The Morgan fingerprint density at radius 3 is 3.00 bits per heavy atom. The molecule has 1 N–H and O–H groups in total. The number of rotatable bonds is 4. The zero-order valence-electron chi connectivity index (χ0n) is 10.2. The predicted molar refractivity (Wildman–Crippen MR) is 75.2 cm³/mol. The van der Waals surface area contributed by atoms with Crippen LogP contribution in [-0.2, 0) is 0 Å². The van der Waals surface area contributed by atoms with Gasteiger partial charge in [0.2, 0.25) is 5.95 Å². The summed E-state index contributed by atoms with van der Waals surface area (Å²) < 4.78 is 1.79. The number of aromatic nitrogens is 3. The van der Waals surface area contributed by atoms with Crippen molar-refractivity contribution in [1.82, 2.24) is 19.5 Å². The molecule has 0 saturated carbocycles. The molecule has 6 heteroatoms. The third-order valence-corrected chi connectivity index (χ3v) is 4.00. The van der Waals surface area contributed by atoms with E-state index in [1.807, 2.05) is 36.2 Å². The zero-order valence-corrected chi connectivity index (χ0v) is 11.1. The molecule has 3 heterocycles. The van der Waals surface area contributed by atoms with Gasteiger partial charge in [0.15, 0.2) is 5.65 Å². The third kappa shape index (κ3) is 2.76. The number of hydrogen-bond donors (Lipinski definition) is 1. The Kier molecular flexibility index (Phi) is 3.66. The summed E-state index contributed by atoms with van der Waals surface area (Å²) in [6, 6.07) is 5.89. The monoisotopic (exact) mass is 263 g/mol. The molecule has 2 aromatic rings. The van der Waals surface area contributed by atoms with Gasteiger partial charge in [-0.1, -0.05) is 6.07 Å². The van der Waals surface area contributed by atoms with Gasteiger partial charge in [-0.2, -0.15) is 16.7 Å². The maximum absolute atomic E-state index is 4.41. The van der Waals surface area contributed by atoms with Crippen molar-refractivity contribution in [2.24, 2.45) is 0 Å². The molecule has 1 aliphatic heterocycles. The van der Waals surface area contributed by atoms with E-state index < -0.39 is 0 Å². The van der Waals surface area contributed by atoms with Crippen molar-refractivity contribution < 1.29 is 0 Å². The van der Waals surface area contributed by atoms with Crippen molar-refractivity contribution in [1.29, 1.82) is 0 Å². The number of fused-ring (bicyclic) bond motifs is 1. The first-order chi connectivity index (χ1) is 8.92.